The molecule has 3 heteroatoms. The van der Waals surface area contributed by atoms with Gasteiger partial charge in [0.05, 0.1) is 5.92 Å². The van der Waals surface area contributed by atoms with Crippen LogP contribution in [-0.2, 0) is 11.2 Å². The first kappa shape index (κ1) is 12.0. The summed E-state index contributed by atoms with van der Waals surface area (Å²) in [6.45, 7) is 3.85. The highest BCUT2D eigenvalue weighted by Crippen LogP contribution is 2.24. The van der Waals surface area contributed by atoms with Crippen molar-refractivity contribution < 1.29 is 9.90 Å². The molecule has 17 heavy (non-hydrogen) atoms. The fourth-order valence-corrected chi connectivity index (χ4v) is 2.36. The Morgan fingerprint density at radius 3 is 2.71 bits per heavy atom. The number of nitrogens with zero attached hydrogens (tertiary/aromatic N) is 1. The second kappa shape index (κ2) is 5.21. The highest BCUT2D eigenvalue weighted by atomic mass is 16.4. The zero-order chi connectivity index (χ0) is 12.3. The molecule has 1 aliphatic rings. The van der Waals surface area contributed by atoms with E-state index in [1.54, 1.807) is 0 Å². The van der Waals surface area contributed by atoms with E-state index in [4.69, 9.17) is 5.11 Å². The lowest BCUT2D eigenvalue weighted by atomic mass is 9.96. The predicted molar refractivity (Wildman–Crippen MR) is 68.4 cm³/mol. The minimum atomic E-state index is -0.646. The molecule has 0 atom stereocenters. The van der Waals surface area contributed by atoms with Crippen LogP contribution >= 0.6 is 0 Å². The van der Waals surface area contributed by atoms with Crippen LogP contribution in [0.5, 0.6) is 0 Å². The number of aryl methyl sites for hydroxylation is 1. The lowest BCUT2D eigenvalue weighted by Crippen LogP contribution is -2.36. The molecule has 2 rings (SSSR count). The normalized spacial score (nSPS) is 17.1. The maximum absolute atomic E-state index is 10.9. The first-order valence-electron chi connectivity index (χ1n) is 6.27. The number of rotatable bonds is 3. The Morgan fingerprint density at radius 2 is 2.12 bits per heavy atom. The lowest BCUT2D eigenvalue weighted by Gasteiger charge is -2.32. The van der Waals surface area contributed by atoms with Crippen molar-refractivity contribution in [2.45, 2.75) is 26.2 Å². The molecule has 1 aromatic carbocycles. The van der Waals surface area contributed by atoms with Gasteiger partial charge in [-0.2, -0.15) is 0 Å². The van der Waals surface area contributed by atoms with E-state index in [2.05, 4.69) is 36.1 Å². The molecule has 3 nitrogen and oxygen atoms in total. The van der Waals surface area contributed by atoms with Gasteiger partial charge in [-0.1, -0.05) is 19.1 Å². The van der Waals surface area contributed by atoms with Gasteiger partial charge in [0.15, 0.2) is 0 Å². The fourth-order valence-electron chi connectivity index (χ4n) is 2.36. The summed E-state index contributed by atoms with van der Waals surface area (Å²) in [6.07, 6.45) is 2.55. The summed E-state index contributed by atoms with van der Waals surface area (Å²) >= 11 is 0. The summed E-state index contributed by atoms with van der Waals surface area (Å²) in [5.74, 6) is -0.799. The van der Waals surface area contributed by atoms with Crippen molar-refractivity contribution in [2.75, 3.05) is 18.0 Å². The van der Waals surface area contributed by atoms with Gasteiger partial charge in [-0.15, -0.1) is 0 Å². The number of piperidine rings is 1. The molecule has 0 spiro atoms. The van der Waals surface area contributed by atoms with E-state index in [0.29, 0.717) is 0 Å². The van der Waals surface area contributed by atoms with E-state index >= 15 is 0 Å². The fraction of sp³-hybridized carbons (Fsp3) is 0.500. The van der Waals surface area contributed by atoms with Crippen LogP contribution in [0.1, 0.15) is 25.3 Å². The Balaban J connectivity index is 2.02. The van der Waals surface area contributed by atoms with Gasteiger partial charge in [-0.3, -0.25) is 4.79 Å². The number of carboxylic acids is 1. The van der Waals surface area contributed by atoms with Gasteiger partial charge in [-0.05, 0) is 37.0 Å². The summed E-state index contributed by atoms with van der Waals surface area (Å²) in [4.78, 5) is 13.2. The highest BCUT2D eigenvalue weighted by Gasteiger charge is 2.24. The van der Waals surface area contributed by atoms with Crippen molar-refractivity contribution in [3.8, 4) is 0 Å². The molecule has 0 aliphatic carbocycles. The zero-order valence-electron chi connectivity index (χ0n) is 10.2. The molecule has 1 N–H and O–H groups in total. The first-order chi connectivity index (χ1) is 8.20. The van der Waals surface area contributed by atoms with Gasteiger partial charge in [0.1, 0.15) is 0 Å². The van der Waals surface area contributed by atoms with E-state index in [9.17, 15) is 4.79 Å². The van der Waals surface area contributed by atoms with E-state index in [1.807, 2.05) is 0 Å². The van der Waals surface area contributed by atoms with Crippen molar-refractivity contribution in [1.29, 1.82) is 0 Å². The number of carboxylic acid groups (broad SMARTS) is 1. The summed E-state index contributed by atoms with van der Waals surface area (Å²) in [7, 11) is 0. The second-order valence-corrected chi connectivity index (χ2v) is 4.62. The molecule has 0 amide bonds. The first-order valence-corrected chi connectivity index (χ1v) is 6.27. The van der Waals surface area contributed by atoms with Crippen molar-refractivity contribution in [3.63, 3.8) is 0 Å². The van der Waals surface area contributed by atoms with Crippen LogP contribution < -0.4 is 4.90 Å². The molecule has 1 heterocycles. The number of carbonyl (C=O) groups is 1. The van der Waals surface area contributed by atoms with Crippen LogP contribution in [-0.4, -0.2) is 24.2 Å². The zero-order valence-corrected chi connectivity index (χ0v) is 10.2. The summed E-state index contributed by atoms with van der Waals surface area (Å²) < 4.78 is 0. The quantitative estimate of drug-likeness (QED) is 0.872. The summed E-state index contributed by atoms with van der Waals surface area (Å²) in [5, 5.41) is 8.96. The molecular weight excluding hydrogens is 214 g/mol. The van der Waals surface area contributed by atoms with Gasteiger partial charge < -0.3 is 10.0 Å². The minimum Gasteiger partial charge on any atom is -0.481 e. The number of hydrogen-bond donors (Lipinski definition) is 1. The Morgan fingerprint density at radius 1 is 1.41 bits per heavy atom. The van der Waals surface area contributed by atoms with Crippen LogP contribution in [0.25, 0.3) is 0 Å². The molecule has 1 aliphatic heterocycles. The molecule has 1 saturated heterocycles. The van der Waals surface area contributed by atoms with Crippen LogP contribution in [0.4, 0.5) is 5.69 Å². The van der Waals surface area contributed by atoms with Crippen molar-refractivity contribution in [3.05, 3.63) is 29.8 Å². The molecule has 0 aromatic heterocycles. The topological polar surface area (TPSA) is 40.5 Å². The molecule has 1 aromatic rings. The van der Waals surface area contributed by atoms with Gasteiger partial charge in [0, 0.05) is 18.8 Å². The molecule has 0 radical (unpaired) electrons. The number of aliphatic carboxylic acids is 1. The van der Waals surface area contributed by atoms with E-state index in [-0.39, 0.29) is 5.92 Å². The Labute approximate surface area is 102 Å². The molecule has 92 valence electrons. The van der Waals surface area contributed by atoms with Crippen molar-refractivity contribution >= 4 is 11.7 Å². The van der Waals surface area contributed by atoms with Gasteiger partial charge >= 0.3 is 5.97 Å². The third-order valence-corrected chi connectivity index (χ3v) is 3.53. The molecule has 1 fully saturated rings. The van der Waals surface area contributed by atoms with Gasteiger partial charge in [0.25, 0.3) is 0 Å². The van der Waals surface area contributed by atoms with E-state index < -0.39 is 5.97 Å². The van der Waals surface area contributed by atoms with Gasteiger partial charge in [0.2, 0.25) is 0 Å². The predicted octanol–water partition coefficient (Wildman–Crippen LogP) is 2.55. The minimum absolute atomic E-state index is 0.152. The molecular formula is C14H19NO2. The molecule has 0 unspecified atom stereocenters. The van der Waals surface area contributed by atoms with Crippen molar-refractivity contribution in [2.24, 2.45) is 5.92 Å². The SMILES string of the molecule is CCc1cccc(N2CCC(C(=O)O)CC2)c1. The summed E-state index contributed by atoms with van der Waals surface area (Å²) in [6, 6.07) is 8.53. The standard InChI is InChI=1S/C14H19NO2/c1-2-11-4-3-5-13(10-11)15-8-6-12(7-9-15)14(16)17/h3-5,10,12H,2,6-9H2,1H3,(H,16,17). The number of benzene rings is 1. The van der Waals surface area contributed by atoms with Crippen LogP contribution in [0.2, 0.25) is 0 Å². The smallest absolute Gasteiger partial charge is 0.306 e. The highest BCUT2D eigenvalue weighted by molar-refractivity contribution is 5.70. The molecule has 0 saturated carbocycles. The maximum atomic E-state index is 10.9. The summed E-state index contributed by atoms with van der Waals surface area (Å²) in [5.41, 5.74) is 2.57. The third kappa shape index (κ3) is 2.78. The lowest BCUT2D eigenvalue weighted by molar-refractivity contribution is -0.142. The number of anilines is 1. The van der Waals surface area contributed by atoms with Crippen LogP contribution in [0.3, 0.4) is 0 Å². The second-order valence-electron chi connectivity index (χ2n) is 4.62. The van der Waals surface area contributed by atoms with Crippen LogP contribution in [0, 0.1) is 5.92 Å². The Hall–Kier alpha value is -1.51. The molecule has 0 bridgehead atoms. The Bertz CT molecular complexity index is 395. The van der Waals surface area contributed by atoms with E-state index in [1.165, 1.54) is 11.3 Å². The third-order valence-electron chi connectivity index (χ3n) is 3.53. The van der Waals surface area contributed by atoms with Crippen molar-refractivity contribution in [1.82, 2.24) is 0 Å². The number of hydrogen-bond acceptors (Lipinski definition) is 2. The van der Waals surface area contributed by atoms with E-state index in [0.717, 1.165) is 32.4 Å². The maximum Gasteiger partial charge on any atom is 0.306 e. The van der Waals surface area contributed by atoms with Gasteiger partial charge in [-0.25, -0.2) is 0 Å². The Kier molecular flexibility index (Phi) is 3.67. The monoisotopic (exact) mass is 233 g/mol. The van der Waals surface area contributed by atoms with Crippen LogP contribution in [0.15, 0.2) is 24.3 Å². The average molecular weight is 233 g/mol. The largest absolute Gasteiger partial charge is 0.481 e. The average Bonchev–Trinajstić information content (AvgIpc) is 2.39.